The Kier molecular flexibility index (Phi) is 4.85. The van der Waals surface area contributed by atoms with Crippen molar-refractivity contribution in [3.63, 3.8) is 0 Å². The Morgan fingerprint density at radius 3 is 2.90 bits per heavy atom. The molecule has 0 atom stereocenters. The zero-order valence-electron chi connectivity index (χ0n) is 15.9. The number of ether oxygens (including phenoxy) is 1. The number of fused-ring (bicyclic) bond motifs is 1. The second-order valence-electron chi connectivity index (χ2n) is 7.40. The molecule has 1 fully saturated rings. The summed E-state index contributed by atoms with van der Waals surface area (Å²) in [6, 6.07) is 7.20. The molecule has 0 N–H and O–H groups in total. The zero-order valence-corrected chi connectivity index (χ0v) is 16.6. The molecule has 0 unspecified atom stereocenters. The molecular formula is C21H21ClN4O3. The first kappa shape index (κ1) is 18.4. The monoisotopic (exact) mass is 412 g/mol. The van der Waals surface area contributed by atoms with Gasteiger partial charge in [0.2, 0.25) is 0 Å². The van der Waals surface area contributed by atoms with Crippen LogP contribution in [0.4, 0.5) is 0 Å². The molecule has 2 aliphatic heterocycles. The molecule has 4 heterocycles. The van der Waals surface area contributed by atoms with E-state index >= 15 is 0 Å². The third-order valence-electron chi connectivity index (χ3n) is 5.55. The van der Waals surface area contributed by atoms with E-state index in [-0.39, 0.29) is 5.91 Å². The highest BCUT2D eigenvalue weighted by Gasteiger charge is 2.30. The van der Waals surface area contributed by atoms with Gasteiger partial charge in [0, 0.05) is 44.5 Å². The molecule has 29 heavy (non-hydrogen) atoms. The summed E-state index contributed by atoms with van der Waals surface area (Å²) in [4.78, 5) is 19.7. The van der Waals surface area contributed by atoms with E-state index in [1.165, 1.54) is 0 Å². The molecule has 8 heteroatoms. The Hall–Kier alpha value is -2.64. The first-order valence-corrected chi connectivity index (χ1v) is 10.2. The lowest BCUT2D eigenvalue weighted by atomic mass is 10.0. The van der Waals surface area contributed by atoms with Gasteiger partial charge in [-0.15, -0.1) is 0 Å². The van der Waals surface area contributed by atoms with Crippen molar-refractivity contribution in [2.45, 2.75) is 31.7 Å². The van der Waals surface area contributed by atoms with E-state index in [2.05, 4.69) is 5.10 Å². The number of nitrogens with zero attached hydrogens (tertiary/aromatic N) is 4. The molecule has 1 amide bonds. The van der Waals surface area contributed by atoms with Crippen LogP contribution in [0.15, 0.2) is 41.1 Å². The number of rotatable bonds is 3. The topological polar surface area (TPSA) is 73.4 Å². The van der Waals surface area contributed by atoms with Gasteiger partial charge in [-0.3, -0.25) is 4.79 Å². The first-order chi connectivity index (χ1) is 14.2. The fourth-order valence-corrected chi connectivity index (χ4v) is 4.12. The second kappa shape index (κ2) is 7.65. The summed E-state index contributed by atoms with van der Waals surface area (Å²) < 4.78 is 13.2. The molecule has 0 spiro atoms. The number of amides is 1. The van der Waals surface area contributed by atoms with Gasteiger partial charge in [-0.25, -0.2) is 9.67 Å². The molecule has 1 aromatic carbocycles. The lowest BCUT2D eigenvalue weighted by Crippen LogP contribution is -2.36. The van der Waals surface area contributed by atoms with Crippen molar-refractivity contribution in [3.8, 4) is 5.69 Å². The van der Waals surface area contributed by atoms with Crippen molar-refractivity contribution < 1.29 is 13.9 Å². The highest BCUT2D eigenvalue weighted by atomic mass is 35.5. The lowest BCUT2D eigenvalue weighted by molar-refractivity contribution is 0.0726. The quantitative estimate of drug-likeness (QED) is 0.657. The van der Waals surface area contributed by atoms with Crippen LogP contribution in [0.1, 0.15) is 46.5 Å². The Morgan fingerprint density at radius 1 is 1.24 bits per heavy atom. The predicted octanol–water partition coefficient (Wildman–Crippen LogP) is 3.61. The van der Waals surface area contributed by atoms with Gasteiger partial charge in [-0.1, -0.05) is 11.6 Å². The van der Waals surface area contributed by atoms with Gasteiger partial charge >= 0.3 is 0 Å². The molecule has 5 rings (SSSR count). The van der Waals surface area contributed by atoms with E-state index < -0.39 is 0 Å². The number of hydrogen-bond donors (Lipinski definition) is 0. The fourth-order valence-electron chi connectivity index (χ4n) is 3.92. The van der Waals surface area contributed by atoms with Crippen LogP contribution in [0.2, 0.25) is 5.02 Å². The van der Waals surface area contributed by atoms with E-state index in [1.807, 2.05) is 18.3 Å². The maximum atomic E-state index is 13.2. The molecule has 0 aliphatic carbocycles. The van der Waals surface area contributed by atoms with E-state index in [1.54, 1.807) is 27.9 Å². The van der Waals surface area contributed by atoms with Crippen LogP contribution in [0, 0.1) is 0 Å². The highest BCUT2D eigenvalue weighted by Crippen LogP contribution is 2.31. The third-order valence-corrected chi connectivity index (χ3v) is 5.88. The van der Waals surface area contributed by atoms with Crippen LogP contribution in [0.3, 0.4) is 0 Å². The Labute approximate surface area is 173 Å². The van der Waals surface area contributed by atoms with Gasteiger partial charge in [-0.05, 0) is 37.1 Å². The van der Waals surface area contributed by atoms with Crippen LogP contribution in [-0.2, 0) is 17.7 Å². The maximum Gasteiger partial charge on any atom is 0.255 e. The first-order valence-electron chi connectivity index (χ1n) is 9.84. The van der Waals surface area contributed by atoms with Gasteiger partial charge in [0.1, 0.15) is 11.5 Å². The van der Waals surface area contributed by atoms with E-state index in [9.17, 15) is 4.79 Å². The lowest BCUT2D eigenvalue weighted by Gasteiger charge is -2.26. The number of aromatic nitrogens is 3. The van der Waals surface area contributed by atoms with Crippen molar-refractivity contribution in [3.05, 3.63) is 64.6 Å². The summed E-state index contributed by atoms with van der Waals surface area (Å²) in [7, 11) is 0. The zero-order chi connectivity index (χ0) is 19.8. The molecule has 0 radical (unpaired) electrons. The Bertz CT molecular complexity index is 1020. The Balaban J connectivity index is 1.37. The van der Waals surface area contributed by atoms with Crippen LogP contribution in [0.25, 0.3) is 5.69 Å². The van der Waals surface area contributed by atoms with Crippen molar-refractivity contribution >= 4 is 17.5 Å². The standard InChI is InChI=1S/C21H21ClN4O3/c22-17-3-2-15(26-8-1-7-23-26)12-16(17)21(27)25-9-4-19-18(13-25)24-20(29-19)14-5-10-28-11-6-14/h1-3,7-8,12,14H,4-6,9-11,13H2. The van der Waals surface area contributed by atoms with Crippen molar-refractivity contribution in [2.24, 2.45) is 0 Å². The number of halogens is 1. The smallest absolute Gasteiger partial charge is 0.255 e. The normalized spacial score (nSPS) is 17.3. The van der Waals surface area contributed by atoms with Gasteiger partial charge in [-0.2, -0.15) is 5.10 Å². The number of benzene rings is 1. The average molecular weight is 413 g/mol. The number of hydrogen-bond acceptors (Lipinski definition) is 5. The van der Waals surface area contributed by atoms with Crippen molar-refractivity contribution in [2.75, 3.05) is 19.8 Å². The van der Waals surface area contributed by atoms with E-state index in [4.69, 9.17) is 25.7 Å². The van der Waals surface area contributed by atoms with Crippen LogP contribution >= 0.6 is 11.6 Å². The molecule has 150 valence electrons. The van der Waals surface area contributed by atoms with E-state index in [0.717, 1.165) is 49.1 Å². The maximum absolute atomic E-state index is 13.2. The van der Waals surface area contributed by atoms with Gasteiger partial charge in [0.15, 0.2) is 5.89 Å². The molecule has 2 aliphatic rings. The predicted molar refractivity (Wildman–Crippen MR) is 106 cm³/mol. The third kappa shape index (κ3) is 3.56. The fraction of sp³-hybridized carbons (Fsp3) is 0.381. The summed E-state index contributed by atoms with van der Waals surface area (Å²) in [5.41, 5.74) is 2.12. The number of carbonyl (C=O) groups excluding carboxylic acids is 1. The van der Waals surface area contributed by atoms with Crippen LogP contribution in [0.5, 0.6) is 0 Å². The molecule has 7 nitrogen and oxygen atoms in total. The van der Waals surface area contributed by atoms with E-state index in [0.29, 0.717) is 36.0 Å². The molecule has 0 bridgehead atoms. The summed E-state index contributed by atoms with van der Waals surface area (Å²) in [5.74, 6) is 1.88. The number of oxazole rings is 1. The summed E-state index contributed by atoms with van der Waals surface area (Å²) in [5, 5.41) is 4.65. The SMILES string of the molecule is O=C(c1cc(-n2cccn2)ccc1Cl)N1CCc2oc(C3CCOCC3)nc2C1. The van der Waals surface area contributed by atoms with Crippen molar-refractivity contribution in [1.29, 1.82) is 0 Å². The summed E-state index contributed by atoms with van der Waals surface area (Å²) in [6.45, 7) is 2.50. The Morgan fingerprint density at radius 2 is 2.10 bits per heavy atom. The minimum Gasteiger partial charge on any atom is -0.445 e. The largest absolute Gasteiger partial charge is 0.445 e. The minimum absolute atomic E-state index is 0.106. The molecular weight excluding hydrogens is 392 g/mol. The molecule has 3 aromatic rings. The number of carbonyl (C=O) groups is 1. The van der Waals surface area contributed by atoms with Gasteiger partial charge < -0.3 is 14.1 Å². The minimum atomic E-state index is -0.106. The second-order valence-corrected chi connectivity index (χ2v) is 7.81. The highest BCUT2D eigenvalue weighted by molar-refractivity contribution is 6.33. The van der Waals surface area contributed by atoms with Crippen molar-refractivity contribution in [1.82, 2.24) is 19.7 Å². The van der Waals surface area contributed by atoms with Crippen LogP contribution in [-0.4, -0.2) is 45.3 Å². The molecule has 0 saturated carbocycles. The molecule has 1 saturated heterocycles. The average Bonchev–Trinajstić information content (AvgIpc) is 3.44. The van der Waals surface area contributed by atoms with Gasteiger partial charge in [0.05, 0.1) is 22.8 Å². The van der Waals surface area contributed by atoms with Crippen LogP contribution < -0.4 is 0 Å². The molecule has 2 aromatic heterocycles. The van der Waals surface area contributed by atoms with Gasteiger partial charge in [0.25, 0.3) is 5.91 Å². The summed E-state index contributed by atoms with van der Waals surface area (Å²) in [6.07, 6.45) is 6.05. The summed E-state index contributed by atoms with van der Waals surface area (Å²) >= 11 is 6.35.